The topological polar surface area (TPSA) is 78.0 Å². The molecule has 1 atom stereocenters. The van der Waals surface area contributed by atoms with Crippen molar-refractivity contribution in [3.05, 3.63) is 95.8 Å². The largest absolute Gasteiger partial charge is 0.394 e. The molecule has 0 unspecified atom stereocenters. The van der Waals surface area contributed by atoms with Gasteiger partial charge < -0.3 is 10.4 Å². The van der Waals surface area contributed by atoms with Gasteiger partial charge in [-0.1, -0.05) is 48.5 Å². The van der Waals surface area contributed by atoms with Crippen molar-refractivity contribution in [2.45, 2.75) is 6.04 Å². The minimum absolute atomic E-state index is 0.193. The first-order valence-corrected chi connectivity index (χ1v) is 9.52. The van der Waals surface area contributed by atoms with Crippen LogP contribution in [-0.2, 0) is 4.79 Å². The number of rotatable bonds is 6. The van der Waals surface area contributed by atoms with Gasteiger partial charge in [0.25, 0.3) is 0 Å². The molecule has 1 aromatic heterocycles. The molecule has 4 rings (SSSR count). The minimum Gasteiger partial charge on any atom is -0.394 e. The summed E-state index contributed by atoms with van der Waals surface area (Å²) in [6.07, 6.45) is 3.12. The van der Waals surface area contributed by atoms with E-state index in [1.54, 1.807) is 18.2 Å². The molecule has 0 aliphatic heterocycles. The van der Waals surface area contributed by atoms with Gasteiger partial charge in [-0.3, -0.25) is 9.89 Å². The SMILES string of the molecule is O=C(C=Cc1ccc2[nH]nc(-c3cccc(F)c3)c2c1)N[C@H](CO)c1ccccc1. The van der Waals surface area contributed by atoms with Gasteiger partial charge >= 0.3 is 0 Å². The van der Waals surface area contributed by atoms with Crippen LogP contribution >= 0.6 is 0 Å². The quantitative estimate of drug-likeness (QED) is 0.423. The molecule has 150 valence electrons. The predicted octanol–water partition coefficient (Wildman–Crippen LogP) is 4.23. The van der Waals surface area contributed by atoms with E-state index < -0.39 is 6.04 Å². The Kier molecular flexibility index (Phi) is 5.68. The van der Waals surface area contributed by atoms with Gasteiger partial charge in [-0.05, 0) is 41.5 Å². The number of amides is 1. The van der Waals surface area contributed by atoms with E-state index in [0.717, 1.165) is 22.0 Å². The first kappa shape index (κ1) is 19.5. The molecule has 0 radical (unpaired) electrons. The highest BCUT2D eigenvalue weighted by atomic mass is 19.1. The van der Waals surface area contributed by atoms with Crippen LogP contribution in [0.3, 0.4) is 0 Å². The molecule has 0 bridgehead atoms. The lowest BCUT2D eigenvalue weighted by atomic mass is 10.1. The van der Waals surface area contributed by atoms with Crippen LogP contribution < -0.4 is 5.32 Å². The van der Waals surface area contributed by atoms with Gasteiger partial charge in [0.05, 0.1) is 18.2 Å². The lowest BCUT2D eigenvalue weighted by Gasteiger charge is -2.15. The van der Waals surface area contributed by atoms with Gasteiger partial charge in [0.1, 0.15) is 11.5 Å². The summed E-state index contributed by atoms with van der Waals surface area (Å²) in [5, 5.41) is 20.5. The lowest BCUT2D eigenvalue weighted by molar-refractivity contribution is -0.117. The number of aromatic nitrogens is 2. The standard InChI is InChI=1S/C24H20FN3O2/c25-19-8-4-7-18(14-19)24-20-13-16(9-11-21(20)27-28-24)10-12-23(30)26-22(15-29)17-5-2-1-3-6-17/h1-14,22,29H,15H2,(H,26,30)(H,27,28)/t22-/m1/s1. The number of fused-ring (bicyclic) bond motifs is 1. The average molecular weight is 401 g/mol. The molecular formula is C24H20FN3O2. The maximum Gasteiger partial charge on any atom is 0.244 e. The normalized spacial score (nSPS) is 12.3. The zero-order valence-corrected chi connectivity index (χ0v) is 16.0. The van der Waals surface area contributed by atoms with Crippen molar-refractivity contribution in [1.82, 2.24) is 15.5 Å². The molecule has 0 saturated carbocycles. The molecule has 4 aromatic rings. The molecule has 5 nitrogen and oxygen atoms in total. The second kappa shape index (κ2) is 8.71. The predicted molar refractivity (Wildman–Crippen MR) is 115 cm³/mol. The number of carbonyl (C=O) groups excluding carboxylic acids is 1. The maximum absolute atomic E-state index is 13.6. The highest BCUT2D eigenvalue weighted by molar-refractivity contribution is 5.96. The van der Waals surface area contributed by atoms with Crippen molar-refractivity contribution in [3.63, 3.8) is 0 Å². The van der Waals surface area contributed by atoms with Gasteiger partial charge in [-0.25, -0.2) is 4.39 Å². The summed E-state index contributed by atoms with van der Waals surface area (Å²) in [7, 11) is 0. The van der Waals surface area contributed by atoms with Crippen LogP contribution in [0.1, 0.15) is 17.2 Å². The zero-order valence-electron chi connectivity index (χ0n) is 16.0. The van der Waals surface area contributed by atoms with Crippen molar-refractivity contribution in [2.24, 2.45) is 0 Å². The van der Waals surface area contributed by atoms with E-state index in [2.05, 4.69) is 15.5 Å². The van der Waals surface area contributed by atoms with E-state index >= 15 is 0 Å². The number of aliphatic hydroxyl groups excluding tert-OH is 1. The molecule has 0 saturated heterocycles. The monoisotopic (exact) mass is 401 g/mol. The van der Waals surface area contributed by atoms with Gasteiger partial charge in [-0.15, -0.1) is 0 Å². The number of halogens is 1. The first-order valence-electron chi connectivity index (χ1n) is 9.52. The van der Waals surface area contributed by atoms with Crippen LogP contribution in [0.2, 0.25) is 0 Å². The third-order valence-corrected chi connectivity index (χ3v) is 4.81. The maximum atomic E-state index is 13.6. The Morgan fingerprint density at radius 2 is 1.93 bits per heavy atom. The Morgan fingerprint density at radius 3 is 2.70 bits per heavy atom. The summed E-state index contributed by atoms with van der Waals surface area (Å²) in [6, 6.07) is 20.7. The zero-order chi connectivity index (χ0) is 20.9. The number of nitrogens with one attached hydrogen (secondary N) is 2. The molecule has 0 spiro atoms. The van der Waals surface area contributed by atoms with Crippen LogP contribution in [0.4, 0.5) is 4.39 Å². The summed E-state index contributed by atoms with van der Waals surface area (Å²) in [5.41, 5.74) is 3.78. The van der Waals surface area contributed by atoms with Gasteiger partial charge in [-0.2, -0.15) is 5.10 Å². The number of carbonyl (C=O) groups is 1. The van der Waals surface area contributed by atoms with Crippen LogP contribution in [-0.4, -0.2) is 27.8 Å². The summed E-state index contributed by atoms with van der Waals surface area (Å²) in [4.78, 5) is 12.3. The Hall–Kier alpha value is -3.77. The number of benzene rings is 3. The second-order valence-electron chi connectivity index (χ2n) is 6.88. The van der Waals surface area contributed by atoms with Crippen molar-refractivity contribution in [1.29, 1.82) is 0 Å². The number of aliphatic hydroxyl groups is 1. The van der Waals surface area contributed by atoms with Crippen molar-refractivity contribution >= 4 is 22.9 Å². The summed E-state index contributed by atoms with van der Waals surface area (Å²) in [5.74, 6) is -0.635. The Morgan fingerprint density at radius 1 is 1.10 bits per heavy atom. The molecule has 0 fully saturated rings. The number of hydrogen-bond acceptors (Lipinski definition) is 3. The van der Waals surface area contributed by atoms with Crippen LogP contribution in [0.25, 0.3) is 28.2 Å². The van der Waals surface area contributed by atoms with E-state index in [0.29, 0.717) is 11.3 Å². The molecular weight excluding hydrogens is 381 g/mol. The third-order valence-electron chi connectivity index (χ3n) is 4.81. The number of hydrogen-bond donors (Lipinski definition) is 3. The van der Waals surface area contributed by atoms with Gasteiger partial charge in [0.15, 0.2) is 0 Å². The second-order valence-corrected chi connectivity index (χ2v) is 6.88. The van der Waals surface area contributed by atoms with E-state index in [1.165, 1.54) is 18.2 Å². The molecule has 1 heterocycles. The fourth-order valence-electron chi connectivity index (χ4n) is 3.30. The van der Waals surface area contributed by atoms with Crippen molar-refractivity contribution in [3.8, 4) is 11.3 Å². The number of H-pyrrole nitrogens is 1. The molecule has 30 heavy (non-hydrogen) atoms. The van der Waals surface area contributed by atoms with Crippen molar-refractivity contribution < 1.29 is 14.3 Å². The number of aromatic amines is 1. The fraction of sp³-hybridized carbons (Fsp3) is 0.0833. The molecule has 0 aliphatic rings. The summed E-state index contributed by atoms with van der Waals surface area (Å²) < 4.78 is 13.6. The Labute approximate surface area is 172 Å². The molecule has 0 aliphatic carbocycles. The van der Waals surface area contributed by atoms with Crippen LogP contribution in [0.15, 0.2) is 78.9 Å². The molecule has 3 aromatic carbocycles. The highest BCUT2D eigenvalue weighted by Gasteiger charge is 2.12. The Bertz CT molecular complexity index is 1200. The van der Waals surface area contributed by atoms with Gasteiger partial charge in [0.2, 0.25) is 5.91 Å². The van der Waals surface area contributed by atoms with Crippen LogP contribution in [0.5, 0.6) is 0 Å². The summed E-state index contributed by atoms with van der Waals surface area (Å²) in [6.45, 7) is -0.193. The van der Waals surface area contributed by atoms with E-state index in [9.17, 15) is 14.3 Å². The minimum atomic E-state index is -0.473. The van der Waals surface area contributed by atoms with Crippen LogP contribution in [0, 0.1) is 5.82 Å². The Balaban J connectivity index is 1.54. The van der Waals surface area contributed by atoms with E-state index in [1.807, 2.05) is 48.5 Å². The lowest BCUT2D eigenvalue weighted by Crippen LogP contribution is -2.29. The smallest absolute Gasteiger partial charge is 0.244 e. The number of nitrogens with zero attached hydrogens (tertiary/aromatic N) is 1. The van der Waals surface area contributed by atoms with Gasteiger partial charge in [0, 0.05) is 17.0 Å². The average Bonchev–Trinajstić information content (AvgIpc) is 3.20. The fourth-order valence-corrected chi connectivity index (χ4v) is 3.30. The first-order chi connectivity index (χ1) is 14.6. The van der Waals surface area contributed by atoms with Crippen molar-refractivity contribution in [2.75, 3.05) is 6.61 Å². The van der Waals surface area contributed by atoms with E-state index in [-0.39, 0.29) is 18.3 Å². The highest BCUT2D eigenvalue weighted by Crippen LogP contribution is 2.27. The third kappa shape index (κ3) is 4.29. The molecule has 3 N–H and O–H groups in total. The van der Waals surface area contributed by atoms with E-state index in [4.69, 9.17) is 0 Å². The molecule has 6 heteroatoms. The molecule has 1 amide bonds. The summed E-state index contributed by atoms with van der Waals surface area (Å²) >= 11 is 0.